The lowest BCUT2D eigenvalue weighted by Gasteiger charge is -2.40. The highest BCUT2D eigenvalue weighted by Crippen LogP contribution is 2.38. The van der Waals surface area contributed by atoms with Crippen molar-refractivity contribution in [2.24, 2.45) is 5.92 Å². The van der Waals surface area contributed by atoms with Crippen LogP contribution < -0.4 is 0 Å². The van der Waals surface area contributed by atoms with E-state index in [1.54, 1.807) is 0 Å². The molecule has 4 heteroatoms. The number of aliphatic hydroxyl groups is 1. The number of hydrogen-bond donors (Lipinski definition) is 1. The Kier molecular flexibility index (Phi) is 6.75. The second-order valence-corrected chi connectivity index (χ2v) is 11.3. The van der Waals surface area contributed by atoms with Crippen molar-refractivity contribution < 1.29 is 14.3 Å². The summed E-state index contributed by atoms with van der Waals surface area (Å²) in [6, 6.07) is 0. The van der Waals surface area contributed by atoms with Gasteiger partial charge in [0, 0.05) is 18.9 Å². The van der Waals surface area contributed by atoms with E-state index in [1.807, 2.05) is 13.8 Å². The van der Waals surface area contributed by atoms with Crippen molar-refractivity contribution in [3.8, 4) is 0 Å². The standard InChI is InChI=1S/C14H30O3Si/c1-8-12(16)11(2)13(9-10-15)17-18(6,7)14(3,4)5/h11,13,15H,8-10H2,1-7H3/t11-,13-/m1/s1. The number of ketones is 1. The molecule has 0 fully saturated rings. The zero-order chi connectivity index (χ0) is 14.6. The molecule has 0 radical (unpaired) electrons. The molecule has 3 nitrogen and oxygen atoms in total. The summed E-state index contributed by atoms with van der Waals surface area (Å²) in [6.45, 7) is 14.8. The summed E-state index contributed by atoms with van der Waals surface area (Å²) in [5.74, 6) is 0.0865. The number of rotatable bonds is 7. The van der Waals surface area contributed by atoms with Gasteiger partial charge < -0.3 is 9.53 Å². The first kappa shape index (κ1) is 17.8. The second kappa shape index (κ2) is 6.82. The minimum absolute atomic E-state index is 0.0701. The van der Waals surface area contributed by atoms with Crippen molar-refractivity contribution in [1.29, 1.82) is 0 Å². The second-order valence-electron chi connectivity index (χ2n) is 6.54. The van der Waals surface area contributed by atoms with Gasteiger partial charge in [0.15, 0.2) is 8.32 Å². The van der Waals surface area contributed by atoms with Crippen LogP contribution in [0.25, 0.3) is 0 Å². The molecule has 0 spiro atoms. The quantitative estimate of drug-likeness (QED) is 0.724. The summed E-state index contributed by atoms with van der Waals surface area (Å²) in [5, 5.41) is 9.28. The molecule has 18 heavy (non-hydrogen) atoms. The molecule has 0 aromatic rings. The molecule has 0 aromatic carbocycles. The van der Waals surface area contributed by atoms with Gasteiger partial charge in [0.25, 0.3) is 0 Å². The molecule has 1 N–H and O–H groups in total. The predicted octanol–water partition coefficient (Wildman–Crippen LogP) is 3.37. The molecule has 0 aliphatic carbocycles. The van der Waals surface area contributed by atoms with E-state index in [0.29, 0.717) is 12.8 Å². The fourth-order valence-electron chi connectivity index (χ4n) is 1.62. The SMILES string of the molecule is CCC(=O)[C@@H](C)[C@@H](CCO)O[Si](C)(C)C(C)(C)C. The Morgan fingerprint density at radius 2 is 1.83 bits per heavy atom. The van der Waals surface area contributed by atoms with E-state index < -0.39 is 8.32 Å². The fraction of sp³-hybridized carbons (Fsp3) is 0.929. The van der Waals surface area contributed by atoms with Crippen molar-refractivity contribution >= 4 is 14.1 Å². The molecule has 0 amide bonds. The molecule has 0 heterocycles. The van der Waals surface area contributed by atoms with Crippen molar-refractivity contribution in [3.63, 3.8) is 0 Å². The van der Waals surface area contributed by atoms with Gasteiger partial charge in [-0.1, -0.05) is 34.6 Å². The van der Waals surface area contributed by atoms with Crippen LogP contribution in [-0.2, 0) is 9.22 Å². The molecule has 0 aliphatic rings. The van der Waals surface area contributed by atoms with E-state index in [4.69, 9.17) is 9.53 Å². The maximum Gasteiger partial charge on any atom is 0.192 e. The van der Waals surface area contributed by atoms with Gasteiger partial charge in [-0.3, -0.25) is 4.79 Å². The summed E-state index contributed by atoms with van der Waals surface area (Å²) >= 11 is 0. The van der Waals surface area contributed by atoms with Crippen LogP contribution in [0.4, 0.5) is 0 Å². The highest BCUT2D eigenvalue weighted by atomic mass is 28.4. The molecule has 0 unspecified atom stereocenters. The third-order valence-electron chi connectivity index (χ3n) is 4.08. The van der Waals surface area contributed by atoms with Crippen LogP contribution in [0.1, 0.15) is 47.5 Å². The molecule has 0 bridgehead atoms. The number of aliphatic hydroxyl groups excluding tert-OH is 1. The van der Waals surface area contributed by atoms with Gasteiger partial charge in [0.05, 0.1) is 6.10 Å². The number of hydrogen-bond acceptors (Lipinski definition) is 3. The van der Waals surface area contributed by atoms with Gasteiger partial charge in [-0.2, -0.15) is 0 Å². The average Bonchev–Trinajstić information content (AvgIpc) is 2.24. The highest BCUT2D eigenvalue weighted by molar-refractivity contribution is 6.74. The van der Waals surface area contributed by atoms with Crippen molar-refractivity contribution in [3.05, 3.63) is 0 Å². The van der Waals surface area contributed by atoms with Crippen molar-refractivity contribution in [1.82, 2.24) is 0 Å². The van der Waals surface area contributed by atoms with E-state index >= 15 is 0 Å². The van der Waals surface area contributed by atoms with Crippen LogP contribution in [-0.4, -0.2) is 31.9 Å². The van der Waals surface area contributed by atoms with E-state index in [1.165, 1.54) is 0 Å². The molecule has 0 aliphatic heterocycles. The van der Waals surface area contributed by atoms with E-state index in [2.05, 4.69) is 33.9 Å². The minimum atomic E-state index is -1.89. The van der Waals surface area contributed by atoms with Gasteiger partial charge >= 0.3 is 0 Å². The summed E-state index contributed by atoms with van der Waals surface area (Å²) in [7, 11) is -1.89. The topological polar surface area (TPSA) is 46.5 Å². The summed E-state index contributed by atoms with van der Waals surface area (Å²) in [6.07, 6.45) is 0.923. The monoisotopic (exact) mass is 274 g/mol. The lowest BCUT2D eigenvalue weighted by molar-refractivity contribution is -0.125. The Bertz CT molecular complexity index is 269. The Balaban J connectivity index is 4.88. The van der Waals surface area contributed by atoms with Crippen LogP contribution in [0, 0.1) is 5.92 Å². The summed E-state index contributed by atoms with van der Waals surface area (Å²) < 4.78 is 6.29. The van der Waals surface area contributed by atoms with Gasteiger partial charge in [0.1, 0.15) is 5.78 Å². The Morgan fingerprint density at radius 3 is 2.17 bits per heavy atom. The Hall–Kier alpha value is -0.193. The number of carbonyl (C=O) groups excluding carboxylic acids is 1. The van der Waals surface area contributed by atoms with Crippen molar-refractivity contribution in [2.75, 3.05) is 6.61 Å². The van der Waals surface area contributed by atoms with Crippen LogP contribution in [0.2, 0.25) is 18.1 Å². The molecule has 108 valence electrons. The molecule has 0 rings (SSSR count). The molecule has 0 saturated heterocycles. The lowest BCUT2D eigenvalue weighted by Crippen LogP contribution is -2.46. The molecular weight excluding hydrogens is 244 g/mol. The fourth-order valence-corrected chi connectivity index (χ4v) is 3.06. The summed E-state index contributed by atoms with van der Waals surface area (Å²) in [4.78, 5) is 11.8. The largest absolute Gasteiger partial charge is 0.413 e. The Labute approximate surface area is 113 Å². The molecule has 2 atom stereocenters. The first-order chi connectivity index (χ1) is 8.06. The molecule has 0 saturated carbocycles. The number of carbonyl (C=O) groups is 1. The van der Waals surface area contributed by atoms with E-state index in [0.717, 1.165) is 0 Å². The van der Waals surface area contributed by atoms with E-state index in [9.17, 15) is 4.79 Å². The third kappa shape index (κ3) is 4.82. The first-order valence-electron chi connectivity index (χ1n) is 6.88. The average molecular weight is 274 g/mol. The third-order valence-corrected chi connectivity index (χ3v) is 8.58. The van der Waals surface area contributed by atoms with Crippen LogP contribution >= 0.6 is 0 Å². The minimum Gasteiger partial charge on any atom is -0.413 e. The van der Waals surface area contributed by atoms with Crippen molar-refractivity contribution in [2.45, 2.75) is 71.7 Å². The first-order valence-corrected chi connectivity index (χ1v) is 9.79. The van der Waals surface area contributed by atoms with Gasteiger partial charge in [-0.15, -0.1) is 0 Å². The zero-order valence-corrected chi connectivity index (χ0v) is 14.0. The van der Waals surface area contributed by atoms with E-state index in [-0.39, 0.29) is 29.5 Å². The highest BCUT2D eigenvalue weighted by Gasteiger charge is 2.40. The number of Topliss-reactive ketones (excluding diaryl/α,β-unsaturated/α-hetero) is 1. The maximum atomic E-state index is 11.8. The van der Waals surface area contributed by atoms with Crippen LogP contribution in [0.5, 0.6) is 0 Å². The van der Waals surface area contributed by atoms with Gasteiger partial charge in [0.2, 0.25) is 0 Å². The maximum absolute atomic E-state index is 11.8. The lowest BCUT2D eigenvalue weighted by atomic mass is 9.96. The normalized spacial score (nSPS) is 16.4. The molecular formula is C14H30O3Si. The van der Waals surface area contributed by atoms with Gasteiger partial charge in [-0.05, 0) is 24.6 Å². The zero-order valence-electron chi connectivity index (χ0n) is 13.0. The predicted molar refractivity (Wildman–Crippen MR) is 78.2 cm³/mol. The molecule has 0 aromatic heterocycles. The van der Waals surface area contributed by atoms with Crippen LogP contribution in [0.15, 0.2) is 0 Å². The summed E-state index contributed by atoms with van der Waals surface area (Å²) in [5.41, 5.74) is 0. The smallest absolute Gasteiger partial charge is 0.192 e. The Morgan fingerprint density at radius 1 is 1.33 bits per heavy atom. The van der Waals surface area contributed by atoms with Crippen LogP contribution in [0.3, 0.4) is 0 Å². The van der Waals surface area contributed by atoms with Gasteiger partial charge in [-0.25, -0.2) is 0 Å².